The molecule has 0 radical (unpaired) electrons. The Morgan fingerprint density at radius 3 is 2.48 bits per heavy atom. The van der Waals surface area contributed by atoms with Crippen molar-refractivity contribution in [3.63, 3.8) is 0 Å². The Labute approximate surface area is 156 Å². The number of ether oxygens (including phenoxy) is 1. The molecule has 1 unspecified atom stereocenters. The number of amides is 2. The van der Waals surface area contributed by atoms with Crippen LogP contribution in [0.1, 0.15) is 22.8 Å². The lowest BCUT2D eigenvalue weighted by Crippen LogP contribution is -2.45. The summed E-state index contributed by atoms with van der Waals surface area (Å²) < 4.78 is 5.10. The molecule has 2 aromatic rings. The minimum atomic E-state index is -0.778. The van der Waals surface area contributed by atoms with Crippen LogP contribution in [0.3, 0.4) is 0 Å². The molecular weight excluding hydrogens is 350 g/mol. The highest BCUT2D eigenvalue weighted by atomic mass is 16.6. The van der Waals surface area contributed by atoms with Gasteiger partial charge in [-0.3, -0.25) is 19.7 Å². The minimum absolute atomic E-state index is 0.127. The summed E-state index contributed by atoms with van der Waals surface area (Å²) in [5, 5.41) is 13.4. The first-order chi connectivity index (χ1) is 12.8. The first kappa shape index (κ1) is 19.9. The standard InChI is InChI=1S/C19H21N3O5/c1-13(20-18(23)15-5-4-6-16(11-15)22(25)26)19(24)21(2)12-14-7-9-17(27-3)10-8-14/h4-11,13H,12H2,1-3H3,(H,20,23). The Morgan fingerprint density at radius 1 is 1.22 bits per heavy atom. The molecule has 0 heterocycles. The number of rotatable bonds is 7. The predicted octanol–water partition coefficient (Wildman–Crippen LogP) is 2.38. The van der Waals surface area contributed by atoms with E-state index in [2.05, 4.69) is 5.32 Å². The second kappa shape index (κ2) is 8.79. The number of hydrogen-bond donors (Lipinski definition) is 1. The molecule has 0 spiro atoms. The number of methoxy groups -OCH3 is 1. The molecule has 0 aromatic heterocycles. The first-order valence-corrected chi connectivity index (χ1v) is 8.25. The van der Waals surface area contributed by atoms with E-state index in [1.807, 2.05) is 12.1 Å². The van der Waals surface area contributed by atoms with Crippen molar-refractivity contribution < 1.29 is 19.2 Å². The van der Waals surface area contributed by atoms with Gasteiger partial charge in [-0.2, -0.15) is 0 Å². The van der Waals surface area contributed by atoms with Crippen LogP contribution in [0.4, 0.5) is 5.69 Å². The van der Waals surface area contributed by atoms with Crippen molar-refractivity contribution in [1.82, 2.24) is 10.2 Å². The van der Waals surface area contributed by atoms with E-state index < -0.39 is 16.9 Å². The highest BCUT2D eigenvalue weighted by Crippen LogP contribution is 2.14. The molecule has 0 saturated heterocycles. The van der Waals surface area contributed by atoms with Crippen molar-refractivity contribution in [2.24, 2.45) is 0 Å². The quantitative estimate of drug-likeness (QED) is 0.595. The molecule has 27 heavy (non-hydrogen) atoms. The van der Waals surface area contributed by atoms with Gasteiger partial charge in [0, 0.05) is 31.3 Å². The number of non-ortho nitro benzene ring substituents is 1. The van der Waals surface area contributed by atoms with Gasteiger partial charge in [-0.05, 0) is 30.7 Å². The Morgan fingerprint density at radius 2 is 1.89 bits per heavy atom. The number of nitro benzene ring substituents is 1. The lowest BCUT2D eigenvalue weighted by atomic mass is 10.1. The fourth-order valence-corrected chi connectivity index (χ4v) is 2.52. The van der Waals surface area contributed by atoms with E-state index in [0.29, 0.717) is 6.54 Å². The number of nitro groups is 1. The molecule has 2 rings (SSSR count). The van der Waals surface area contributed by atoms with E-state index in [0.717, 1.165) is 11.3 Å². The summed E-state index contributed by atoms with van der Waals surface area (Å²) >= 11 is 0. The van der Waals surface area contributed by atoms with Crippen LogP contribution in [0.2, 0.25) is 0 Å². The molecule has 0 aliphatic heterocycles. The summed E-state index contributed by atoms with van der Waals surface area (Å²) in [6.07, 6.45) is 0. The monoisotopic (exact) mass is 371 g/mol. The normalized spacial score (nSPS) is 11.4. The van der Waals surface area contributed by atoms with Crippen LogP contribution in [-0.2, 0) is 11.3 Å². The summed E-state index contributed by atoms with van der Waals surface area (Å²) in [5.41, 5.74) is 0.865. The third kappa shape index (κ3) is 5.27. The van der Waals surface area contributed by atoms with Gasteiger partial charge in [-0.1, -0.05) is 18.2 Å². The van der Waals surface area contributed by atoms with Gasteiger partial charge in [0.05, 0.1) is 12.0 Å². The molecule has 0 aliphatic carbocycles. The van der Waals surface area contributed by atoms with E-state index in [-0.39, 0.29) is 17.2 Å². The summed E-state index contributed by atoms with van der Waals surface area (Å²) in [6, 6.07) is 11.9. The van der Waals surface area contributed by atoms with Crippen LogP contribution < -0.4 is 10.1 Å². The van der Waals surface area contributed by atoms with Crippen LogP contribution in [0.5, 0.6) is 5.75 Å². The molecule has 1 atom stereocenters. The van der Waals surface area contributed by atoms with Crippen LogP contribution in [0, 0.1) is 10.1 Å². The van der Waals surface area contributed by atoms with E-state index in [4.69, 9.17) is 4.74 Å². The topological polar surface area (TPSA) is 102 Å². The van der Waals surface area contributed by atoms with E-state index >= 15 is 0 Å². The molecule has 0 fully saturated rings. The molecule has 0 aliphatic rings. The van der Waals surface area contributed by atoms with Crippen LogP contribution in [0.25, 0.3) is 0 Å². The van der Waals surface area contributed by atoms with Gasteiger partial charge < -0.3 is 15.0 Å². The third-order valence-corrected chi connectivity index (χ3v) is 3.99. The highest BCUT2D eigenvalue weighted by Gasteiger charge is 2.21. The van der Waals surface area contributed by atoms with Crippen molar-refractivity contribution in [2.45, 2.75) is 19.5 Å². The highest BCUT2D eigenvalue weighted by molar-refractivity contribution is 5.97. The number of nitrogens with zero attached hydrogens (tertiary/aromatic N) is 2. The fraction of sp³-hybridized carbons (Fsp3) is 0.263. The molecular formula is C19H21N3O5. The van der Waals surface area contributed by atoms with Gasteiger partial charge in [0.25, 0.3) is 11.6 Å². The number of carbonyl (C=O) groups excluding carboxylic acids is 2. The maximum atomic E-state index is 12.5. The molecule has 142 valence electrons. The molecule has 8 heteroatoms. The van der Waals surface area contributed by atoms with Crippen molar-refractivity contribution in [3.8, 4) is 5.75 Å². The first-order valence-electron chi connectivity index (χ1n) is 8.25. The van der Waals surface area contributed by atoms with Gasteiger partial charge in [0.2, 0.25) is 5.91 Å². The Balaban J connectivity index is 1.98. The van der Waals surface area contributed by atoms with Crippen molar-refractivity contribution >= 4 is 17.5 Å². The van der Waals surface area contributed by atoms with E-state index in [1.54, 1.807) is 33.2 Å². The summed E-state index contributed by atoms with van der Waals surface area (Å²) in [6.45, 7) is 1.95. The Kier molecular flexibility index (Phi) is 6.48. The van der Waals surface area contributed by atoms with Gasteiger partial charge >= 0.3 is 0 Å². The predicted molar refractivity (Wildman–Crippen MR) is 99.5 cm³/mol. The Hall–Kier alpha value is -3.42. The zero-order chi connectivity index (χ0) is 20.0. The van der Waals surface area contributed by atoms with Gasteiger partial charge in [0.1, 0.15) is 11.8 Å². The van der Waals surface area contributed by atoms with Crippen LogP contribution in [0.15, 0.2) is 48.5 Å². The van der Waals surface area contributed by atoms with Crippen molar-refractivity contribution in [2.75, 3.05) is 14.2 Å². The van der Waals surface area contributed by atoms with E-state index in [9.17, 15) is 19.7 Å². The second-order valence-corrected chi connectivity index (χ2v) is 6.04. The van der Waals surface area contributed by atoms with Crippen LogP contribution >= 0.6 is 0 Å². The smallest absolute Gasteiger partial charge is 0.270 e. The number of carbonyl (C=O) groups is 2. The summed E-state index contributed by atoms with van der Waals surface area (Å²) in [5.74, 6) is -0.0905. The van der Waals surface area contributed by atoms with Gasteiger partial charge in [-0.15, -0.1) is 0 Å². The third-order valence-electron chi connectivity index (χ3n) is 3.99. The molecule has 2 aromatic carbocycles. The fourth-order valence-electron chi connectivity index (χ4n) is 2.52. The Bertz CT molecular complexity index is 835. The average molecular weight is 371 g/mol. The van der Waals surface area contributed by atoms with Gasteiger partial charge in [0.15, 0.2) is 0 Å². The average Bonchev–Trinajstić information content (AvgIpc) is 2.67. The number of hydrogen-bond acceptors (Lipinski definition) is 5. The maximum Gasteiger partial charge on any atom is 0.270 e. The summed E-state index contributed by atoms with van der Waals surface area (Å²) in [7, 11) is 3.22. The van der Waals surface area contributed by atoms with Crippen molar-refractivity contribution in [1.29, 1.82) is 0 Å². The second-order valence-electron chi connectivity index (χ2n) is 6.04. The summed E-state index contributed by atoms with van der Waals surface area (Å²) in [4.78, 5) is 36.5. The van der Waals surface area contributed by atoms with Gasteiger partial charge in [-0.25, -0.2) is 0 Å². The van der Waals surface area contributed by atoms with Crippen molar-refractivity contribution in [3.05, 3.63) is 69.8 Å². The van der Waals surface area contributed by atoms with Crippen LogP contribution in [-0.4, -0.2) is 41.8 Å². The number of likely N-dealkylation sites (N-methyl/N-ethyl adjacent to an activating group) is 1. The molecule has 2 amide bonds. The zero-order valence-electron chi connectivity index (χ0n) is 15.3. The zero-order valence-corrected chi connectivity index (χ0v) is 15.3. The molecule has 0 bridgehead atoms. The van der Waals surface area contributed by atoms with E-state index in [1.165, 1.54) is 29.2 Å². The number of benzene rings is 2. The SMILES string of the molecule is COc1ccc(CN(C)C(=O)C(C)NC(=O)c2cccc([N+](=O)[O-])c2)cc1. The molecule has 1 N–H and O–H groups in total. The lowest BCUT2D eigenvalue weighted by molar-refractivity contribution is -0.384. The maximum absolute atomic E-state index is 12.5. The molecule has 0 saturated carbocycles. The number of nitrogens with one attached hydrogen (secondary N) is 1. The lowest BCUT2D eigenvalue weighted by Gasteiger charge is -2.22. The largest absolute Gasteiger partial charge is 0.497 e. The molecule has 8 nitrogen and oxygen atoms in total. The minimum Gasteiger partial charge on any atom is -0.497 e.